The summed E-state index contributed by atoms with van der Waals surface area (Å²) in [4.78, 5) is 100. The van der Waals surface area contributed by atoms with Crippen LogP contribution in [0, 0.1) is 0 Å². The first-order valence-corrected chi connectivity index (χ1v) is 13.4. The molecule has 1 aromatic carbocycles. The zero-order valence-electron chi connectivity index (χ0n) is 23.4. The Morgan fingerprint density at radius 3 is 2.07 bits per heavy atom. The molecule has 0 aromatic heterocycles. The lowest BCUT2D eigenvalue weighted by Crippen LogP contribution is -2.51. The summed E-state index contributed by atoms with van der Waals surface area (Å²) in [5.74, 6) is -5.78. The molecule has 0 saturated carbocycles. The number of unbranched alkanes of at least 4 members (excludes halogenated alkanes) is 2. The number of hydrogen-bond acceptors (Lipinski definition) is 8. The smallest absolute Gasteiger partial charge is 0.305 e. The van der Waals surface area contributed by atoms with Gasteiger partial charge in [-0.1, -0.05) is 36.8 Å². The third kappa shape index (κ3) is 12.5. The van der Waals surface area contributed by atoms with Gasteiger partial charge in [0, 0.05) is 31.5 Å². The topological polar surface area (TPSA) is 221 Å². The molecular weight excluding hydrogens is 564 g/mol. The van der Waals surface area contributed by atoms with Crippen LogP contribution >= 0.6 is 0 Å². The molecule has 1 unspecified atom stereocenters. The van der Waals surface area contributed by atoms with E-state index in [0.717, 1.165) is 10.5 Å². The van der Waals surface area contributed by atoms with Crippen molar-refractivity contribution in [2.75, 3.05) is 19.6 Å². The summed E-state index contributed by atoms with van der Waals surface area (Å²) in [6, 6.07) is 6.41. The summed E-state index contributed by atoms with van der Waals surface area (Å²) in [7, 11) is 0. The molecule has 7 amide bonds. The molecule has 0 aliphatic carbocycles. The maximum Gasteiger partial charge on any atom is 0.305 e. The van der Waals surface area contributed by atoms with Crippen LogP contribution in [-0.2, 0) is 44.8 Å². The number of rotatable bonds is 18. The number of carboxylic acid groups (broad SMARTS) is 1. The van der Waals surface area contributed by atoms with Crippen molar-refractivity contribution < 1.29 is 43.5 Å². The van der Waals surface area contributed by atoms with Crippen molar-refractivity contribution in [2.24, 2.45) is 4.99 Å². The van der Waals surface area contributed by atoms with Crippen molar-refractivity contribution in [1.82, 2.24) is 26.2 Å². The SMILES string of the molecule is C=NC(=O)[C@H](Cc1ccccc1)NC(=O)CNC(=O)CNC(=O)C(CC(=O)O)NC(=O)CCCCCN1C(=O)C=CC1=O. The summed E-state index contributed by atoms with van der Waals surface area (Å²) < 4.78 is 0. The Kier molecular flexibility index (Phi) is 13.9. The monoisotopic (exact) mass is 598 g/mol. The standard InChI is InChI=1S/C28H34N6O9/c1-29-27(42)19(14-18-8-4-2-5-9-18)33-23(37)17-30-22(36)16-31-28(43)20(15-26(40)41)32-21(35)10-6-3-7-13-34-24(38)11-12-25(34)39/h2,4-5,8-9,11-12,19-20H,1,3,6-7,10,13-17H2,(H,30,36)(H,31,43)(H,32,35)(H,33,37)(H,40,41)/t19-,20?/m0/s1. The molecule has 15 nitrogen and oxygen atoms in total. The number of amides is 7. The molecule has 15 heteroatoms. The van der Waals surface area contributed by atoms with Gasteiger partial charge in [0.25, 0.3) is 17.7 Å². The Morgan fingerprint density at radius 2 is 1.44 bits per heavy atom. The first-order valence-electron chi connectivity index (χ1n) is 13.4. The summed E-state index contributed by atoms with van der Waals surface area (Å²) in [6.07, 6.45) is 3.08. The molecule has 43 heavy (non-hydrogen) atoms. The molecule has 0 spiro atoms. The molecule has 0 bridgehead atoms. The van der Waals surface area contributed by atoms with Gasteiger partial charge in [-0.15, -0.1) is 0 Å². The van der Waals surface area contributed by atoms with Gasteiger partial charge in [-0.05, 0) is 25.1 Å². The van der Waals surface area contributed by atoms with Gasteiger partial charge in [0.15, 0.2) is 0 Å². The minimum atomic E-state index is -1.46. The van der Waals surface area contributed by atoms with E-state index < -0.39 is 78.9 Å². The second-order valence-corrected chi connectivity index (χ2v) is 9.49. The molecule has 0 saturated heterocycles. The van der Waals surface area contributed by atoms with Crippen LogP contribution in [0.15, 0.2) is 47.5 Å². The summed E-state index contributed by atoms with van der Waals surface area (Å²) in [6.45, 7) is 2.27. The fourth-order valence-corrected chi connectivity index (χ4v) is 3.97. The van der Waals surface area contributed by atoms with Crippen LogP contribution in [0.5, 0.6) is 0 Å². The average Bonchev–Trinajstić information content (AvgIpc) is 3.30. The highest BCUT2D eigenvalue weighted by molar-refractivity contribution is 6.12. The van der Waals surface area contributed by atoms with Gasteiger partial charge in [-0.25, -0.2) is 4.99 Å². The van der Waals surface area contributed by atoms with Crippen molar-refractivity contribution in [2.45, 2.75) is 50.6 Å². The van der Waals surface area contributed by atoms with E-state index >= 15 is 0 Å². The van der Waals surface area contributed by atoms with Gasteiger partial charge >= 0.3 is 5.97 Å². The van der Waals surface area contributed by atoms with Crippen LogP contribution in [0.3, 0.4) is 0 Å². The van der Waals surface area contributed by atoms with Crippen molar-refractivity contribution >= 4 is 54.0 Å². The average molecular weight is 599 g/mol. The number of aliphatic imine (C=N–C) groups is 1. The quantitative estimate of drug-likeness (QED) is 0.0762. The maximum atomic E-state index is 12.5. The molecule has 230 valence electrons. The third-order valence-electron chi connectivity index (χ3n) is 6.16. The molecule has 2 rings (SSSR count). The zero-order valence-corrected chi connectivity index (χ0v) is 23.4. The molecule has 0 fully saturated rings. The lowest BCUT2D eigenvalue weighted by atomic mass is 10.1. The minimum absolute atomic E-state index is 0.0334. The first kappa shape index (κ1) is 34.0. The third-order valence-corrected chi connectivity index (χ3v) is 6.16. The molecule has 0 radical (unpaired) electrons. The van der Waals surface area contributed by atoms with E-state index in [-0.39, 0.29) is 19.4 Å². The number of nitrogens with zero attached hydrogens (tertiary/aromatic N) is 2. The highest BCUT2D eigenvalue weighted by Crippen LogP contribution is 2.08. The van der Waals surface area contributed by atoms with E-state index in [0.29, 0.717) is 19.3 Å². The van der Waals surface area contributed by atoms with Gasteiger partial charge in [0.2, 0.25) is 23.6 Å². The number of hydrogen-bond donors (Lipinski definition) is 5. The second kappa shape index (κ2) is 17.6. The number of nitrogens with one attached hydrogen (secondary N) is 4. The van der Waals surface area contributed by atoms with E-state index in [1.54, 1.807) is 30.3 Å². The number of carbonyl (C=O) groups is 8. The van der Waals surface area contributed by atoms with Gasteiger partial charge in [-0.3, -0.25) is 43.3 Å². The van der Waals surface area contributed by atoms with E-state index in [1.807, 2.05) is 0 Å². The van der Waals surface area contributed by atoms with E-state index in [4.69, 9.17) is 5.11 Å². The van der Waals surface area contributed by atoms with Crippen molar-refractivity contribution in [3.8, 4) is 0 Å². The van der Waals surface area contributed by atoms with Crippen molar-refractivity contribution in [3.05, 3.63) is 48.0 Å². The van der Waals surface area contributed by atoms with Gasteiger partial charge in [-0.2, -0.15) is 0 Å². The molecule has 1 aliphatic heterocycles. The van der Waals surface area contributed by atoms with Crippen LogP contribution in [0.1, 0.15) is 37.7 Å². The van der Waals surface area contributed by atoms with Gasteiger partial charge in [0.05, 0.1) is 19.5 Å². The predicted molar refractivity (Wildman–Crippen MR) is 151 cm³/mol. The molecule has 1 aliphatic rings. The molecule has 5 N–H and O–H groups in total. The number of imide groups is 1. The number of aliphatic carboxylic acids is 1. The summed E-state index contributed by atoms with van der Waals surface area (Å²) in [5, 5.41) is 18.4. The fourth-order valence-electron chi connectivity index (χ4n) is 3.97. The largest absolute Gasteiger partial charge is 0.481 e. The number of benzene rings is 1. The maximum absolute atomic E-state index is 12.5. The number of carboxylic acids is 1. The second-order valence-electron chi connectivity index (χ2n) is 9.49. The summed E-state index contributed by atoms with van der Waals surface area (Å²) >= 11 is 0. The lowest BCUT2D eigenvalue weighted by molar-refractivity contribution is -0.141. The molecular formula is C28H34N6O9. The normalized spacial score (nSPS) is 13.5. The van der Waals surface area contributed by atoms with Crippen LogP contribution in [0.2, 0.25) is 0 Å². The molecule has 1 aromatic rings. The van der Waals surface area contributed by atoms with Crippen molar-refractivity contribution in [3.63, 3.8) is 0 Å². The van der Waals surface area contributed by atoms with Crippen LogP contribution in [-0.4, -0.2) is 95.8 Å². The van der Waals surface area contributed by atoms with E-state index in [9.17, 15) is 38.4 Å². The van der Waals surface area contributed by atoms with Crippen LogP contribution in [0.25, 0.3) is 0 Å². The van der Waals surface area contributed by atoms with Gasteiger partial charge in [0.1, 0.15) is 12.1 Å². The Balaban J connectivity index is 1.73. The highest BCUT2D eigenvalue weighted by Gasteiger charge is 2.25. The number of carbonyl (C=O) groups excluding carboxylic acids is 7. The minimum Gasteiger partial charge on any atom is -0.481 e. The Labute approximate surface area is 247 Å². The van der Waals surface area contributed by atoms with E-state index in [1.165, 1.54) is 12.2 Å². The molecule has 2 atom stereocenters. The fraction of sp³-hybridized carbons (Fsp3) is 0.393. The highest BCUT2D eigenvalue weighted by atomic mass is 16.4. The van der Waals surface area contributed by atoms with Crippen LogP contribution in [0.4, 0.5) is 0 Å². The zero-order chi connectivity index (χ0) is 31.8. The van der Waals surface area contributed by atoms with Gasteiger partial charge < -0.3 is 26.4 Å². The Morgan fingerprint density at radius 1 is 0.814 bits per heavy atom. The summed E-state index contributed by atoms with van der Waals surface area (Å²) in [5.41, 5.74) is 0.769. The Hall–Kier alpha value is -5.21. The Bertz CT molecular complexity index is 1250. The van der Waals surface area contributed by atoms with Crippen LogP contribution < -0.4 is 21.3 Å². The lowest BCUT2D eigenvalue weighted by Gasteiger charge is -2.17. The predicted octanol–water partition coefficient (Wildman–Crippen LogP) is -1.38. The van der Waals surface area contributed by atoms with Crippen molar-refractivity contribution in [1.29, 1.82) is 0 Å². The first-order chi connectivity index (χ1) is 20.5. The molecule has 1 heterocycles. The van der Waals surface area contributed by atoms with E-state index in [2.05, 4.69) is 33.0 Å².